The maximum Gasteiger partial charge on any atom is 0.337 e. The van der Waals surface area contributed by atoms with E-state index in [2.05, 4.69) is 5.32 Å². The van der Waals surface area contributed by atoms with Gasteiger partial charge in [0.2, 0.25) is 5.91 Å². The second-order valence-electron chi connectivity index (χ2n) is 7.67. The van der Waals surface area contributed by atoms with Crippen molar-refractivity contribution in [2.45, 2.75) is 12.8 Å². The number of amides is 2. The van der Waals surface area contributed by atoms with Crippen LogP contribution in [0.15, 0.2) is 65.5 Å². The van der Waals surface area contributed by atoms with Gasteiger partial charge in [0.25, 0.3) is 5.91 Å². The van der Waals surface area contributed by atoms with E-state index in [4.69, 9.17) is 16.0 Å². The van der Waals surface area contributed by atoms with E-state index in [1.165, 1.54) is 18.2 Å². The van der Waals surface area contributed by atoms with Crippen molar-refractivity contribution in [3.05, 3.63) is 77.2 Å². The van der Waals surface area contributed by atoms with Gasteiger partial charge in [-0.3, -0.25) is 9.59 Å². The molecule has 2 amide bonds. The van der Waals surface area contributed by atoms with Crippen LogP contribution in [0.1, 0.15) is 33.6 Å². The van der Waals surface area contributed by atoms with Gasteiger partial charge < -0.3 is 19.7 Å². The van der Waals surface area contributed by atoms with Crippen molar-refractivity contribution < 1.29 is 23.9 Å². The number of carbonyl (C=O) groups is 3. The number of aromatic carboxylic acids is 1. The predicted molar refractivity (Wildman–Crippen MR) is 120 cm³/mol. The smallest absolute Gasteiger partial charge is 0.337 e. The van der Waals surface area contributed by atoms with Crippen LogP contribution in [0.3, 0.4) is 0 Å². The maximum absolute atomic E-state index is 13.1. The molecule has 0 bridgehead atoms. The fourth-order valence-corrected chi connectivity index (χ4v) is 4.03. The van der Waals surface area contributed by atoms with Crippen molar-refractivity contribution >= 4 is 35.1 Å². The van der Waals surface area contributed by atoms with Gasteiger partial charge in [0.1, 0.15) is 0 Å². The molecule has 0 spiro atoms. The number of anilines is 1. The average molecular weight is 453 g/mol. The fraction of sp³-hybridized carbons (Fsp3) is 0.208. The lowest BCUT2D eigenvalue weighted by Gasteiger charge is -2.32. The van der Waals surface area contributed by atoms with Crippen molar-refractivity contribution in [2.75, 3.05) is 18.4 Å². The number of nitrogens with one attached hydrogen (secondary N) is 1. The largest absolute Gasteiger partial charge is 0.478 e. The quantitative estimate of drug-likeness (QED) is 0.579. The van der Waals surface area contributed by atoms with E-state index >= 15 is 0 Å². The number of nitrogens with zero attached hydrogens (tertiary/aromatic N) is 1. The Morgan fingerprint density at radius 3 is 2.69 bits per heavy atom. The van der Waals surface area contributed by atoms with E-state index in [0.717, 1.165) is 11.1 Å². The number of likely N-dealkylation sites (tertiary alicyclic amines) is 1. The summed E-state index contributed by atoms with van der Waals surface area (Å²) in [4.78, 5) is 39.1. The van der Waals surface area contributed by atoms with Crippen LogP contribution >= 0.6 is 11.6 Å². The third-order valence-electron chi connectivity index (χ3n) is 5.51. The lowest BCUT2D eigenvalue weighted by Crippen LogP contribution is -2.43. The molecule has 2 aromatic carbocycles. The van der Waals surface area contributed by atoms with Gasteiger partial charge in [-0.1, -0.05) is 23.7 Å². The van der Waals surface area contributed by atoms with E-state index in [0.29, 0.717) is 24.9 Å². The Labute approximate surface area is 189 Å². The molecule has 0 radical (unpaired) electrons. The Morgan fingerprint density at radius 2 is 1.94 bits per heavy atom. The molecule has 1 unspecified atom stereocenters. The number of piperidine rings is 1. The SMILES string of the molecule is O=C(O)c1cc(Cl)ccc1NC(=O)C1CCCN(C(=O)c2cccc(-c3ccoc3)c2)C1. The Balaban J connectivity index is 1.47. The van der Waals surface area contributed by atoms with Crippen LogP contribution in [0, 0.1) is 5.92 Å². The minimum Gasteiger partial charge on any atom is -0.478 e. The highest BCUT2D eigenvalue weighted by atomic mass is 35.5. The van der Waals surface area contributed by atoms with Gasteiger partial charge in [-0.2, -0.15) is 0 Å². The molecule has 1 saturated heterocycles. The van der Waals surface area contributed by atoms with Gasteiger partial charge in [-0.15, -0.1) is 0 Å². The molecule has 1 aliphatic heterocycles. The topological polar surface area (TPSA) is 99.9 Å². The van der Waals surface area contributed by atoms with Gasteiger partial charge in [0.15, 0.2) is 0 Å². The number of hydrogen-bond donors (Lipinski definition) is 2. The first kappa shape index (κ1) is 21.6. The van der Waals surface area contributed by atoms with Crippen LogP contribution in [0.4, 0.5) is 5.69 Å². The number of hydrogen-bond acceptors (Lipinski definition) is 4. The number of carbonyl (C=O) groups excluding carboxylic acids is 2. The molecule has 8 heteroatoms. The summed E-state index contributed by atoms with van der Waals surface area (Å²) >= 11 is 5.88. The first-order chi connectivity index (χ1) is 15.4. The highest BCUT2D eigenvalue weighted by molar-refractivity contribution is 6.31. The first-order valence-corrected chi connectivity index (χ1v) is 10.6. The van der Waals surface area contributed by atoms with Crippen LogP contribution in [-0.2, 0) is 4.79 Å². The Morgan fingerprint density at radius 1 is 1.09 bits per heavy atom. The summed E-state index contributed by atoms with van der Waals surface area (Å²) in [5, 5.41) is 12.3. The number of benzene rings is 2. The number of rotatable bonds is 5. The molecule has 1 atom stereocenters. The molecule has 1 aromatic heterocycles. The molecule has 7 nitrogen and oxygen atoms in total. The zero-order valence-electron chi connectivity index (χ0n) is 17.1. The van der Waals surface area contributed by atoms with E-state index in [1.54, 1.807) is 23.5 Å². The van der Waals surface area contributed by atoms with Crippen molar-refractivity contribution in [3.8, 4) is 11.1 Å². The summed E-state index contributed by atoms with van der Waals surface area (Å²) < 4.78 is 5.12. The van der Waals surface area contributed by atoms with Gasteiger partial charge >= 0.3 is 5.97 Å². The molecule has 0 aliphatic carbocycles. The zero-order chi connectivity index (χ0) is 22.7. The minimum absolute atomic E-state index is 0.0781. The van der Waals surface area contributed by atoms with Crippen LogP contribution < -0.4 is 5.32 Å². The summed E-state index contributed by atoms with van der Waals surface area (Å²) in [6, 6.07) is 13.4. The van der Waals surface area contributed by atoms with E-state index in [-0.39, 0.29) is 34.6 Å². The lowest BCUT2D eigenvalue weighted by atomic mass is 9.95. The molecule has 4 rings (SSSR count). The molecule has 0 saturated carbocycles. The van der Waals surface area contributed by atoms with Crippen molar-refractivity contribution in [1.29, 1.82) is 0 Å². The lowest BCUT2D eigenvalue weighted by molar-refractivity contribution is -0.121. The molecule has 1 aliphatic rings. The summed E-state index contributed by atoms with van der Waals surface area (Å²) in [6.07, 6.45) is 4.49. The monoisotopic (exact) mass is 452 g/mol. The van der Waals surface area contributed by atoms with Gasteiger partial charge in [-0.25, -0.2) is 4.79 Å². The van der Waals surface area contributed by atoms with Crippen molar-refractivity contribution in [1.82, 2.24) is 4.90 Å². The predicted octanol–water partition coefficient (Wildman–Crippen LogP) is 4.79. The Kier molecular flexibility index (Phi) is 6.28. The molecule has 2 N–H and O–H groups in total. The van der Waals surface area contributed by atoms with Crippen molar-refractivity contribution in [3.63, 3.8) is 0 Å². The first-order valence-electron chi connectivity index (χ1n) is 10.2. The molecular weight excluding hydrogens is 432 g/mol. The number of halogens is 1. The highest BCUT2D eigenvalue weighted by Gasteiger charge is 2.29. The third-order valence-corrected chi connectivity index (χ3v) is 5.75. The van der Waals surface area contributed by atoms with E-state index in [9.17, 15) is 19.5 Å². The Hall–Kier alpha value is -3.58. The van der Waals surface area contributed by atoms with E-state index in [1.807, 2.05) is 24.3 Å². The molecule has 1 fully saturated rings. The molecule has 2 heterocycles. The number of furan rings is 1. The number of carboxylic acids is 1. The standard InChI is InChI=1S/C24H21ClN2O5/c25-19-6-7-21(20(12-19)24(30)31)26-22(28)17-5-2-9-27(13-17)23(29)16-4-1-3-15(11-16)18-8-10-32-14-18/h1,3-4,6-8,10-12,14,17H,2,5,9,13H2,(H,26,28)(H,30,31). The van der Waals surface area contributed by atoms with E-state index < -0.39 is 11.9 Å². The Bertz CT molecular complexity index is 1160. The average Bonchev–Trinajstić information content (AvgIpc) is 3.35. The normalized spacial score (nSPS) is 15.9. The molecular formula is C24H21ClN2O5. The van der Waals surface area contributed by atoms with Gasteiger partial charge in [-0.05, 0) is 54.8 Å². The molecule has 164 valence electrons. The summed E-state index contributed by atoms with van der Waals surface area (Å²) in [7, 11) is 0. The number of carboxylic acid groups (broad SMARTS) is 1. The van der Waals surface area contributed by atoms with Crippen LogP contribution in [0.25, 0.3) is 11.1 Å². The summed E-state index contributed by atoms with van der Waals surface area (Å²) in [6.45, 7) is 0.816. The summed E-state index contributed by atoms with van der Waals surface area (Å²) in [5.41, 5.74) is 2.40. The molecule has 3 aromatic rings. The fourth-order valence-electron chi connectivity index (χ4n) is 3.86. The highest BCUT2D eigenvalue weighted by Crippen LogP contribution is 2.26. The maximum atomic E-state index is 13.1. The van der Waals surface area contributed by atoms with Crippen LogP contribution in [0.5, 0.6) is 0 Å². The zero-order valence-corrected chi connectivity index (χ0v) is 17.8. The van der Waals surface area contributed by atoms with Crippen LogP contribution in [-0.4, -0.2) is 40.9 Å². The van der Waals surface area contributed by atoms with Crippen molar-refractivity contribution in [2.24, 2.45) is 5.92 Å². The third kappa shape index (κ3) is 4.68. The summed E-state index contributed by atoms with van der Waals surface area (Å²) in [5.74, 6) is -2.09. The van der Waals surface area contributed by atoms with Gasteiger partial charge in [0, 0.05) is 29.2 Å². The van der Waals surface area contributed by atoms with Gasteiger partial charge in [0.05, 0.1) is 29.7 Å². The minimum atomic E-state index is -1.18. The van der Waals surface area contributed by atoms with Crippen LogP contribution in [0.2, 0.25) is 5.02 Å². The second kappa shape index (κ2) is 9.28. The molecule has 32 heavy (non-hydrogen) atoms. The second-order valence-corrected chi connectivity index (χ2v) is 8.10.